The molecule has 0 atom stereocenters. The van der Waals surface area contributed by atoms with Gasteiger partial charge in [0.15, 0.2) is 0 Å². The zero-order chi connectivity index (χ0) is 15.4. The number of rotatable bonds is 5. The van der Waals surface area contributed by atoms with Crippen molar-refractivity contribution in [1.29, 1.82) is 0 Å². The molecule has 0 saturated heterocycles. The highest BCUT2D eigenvalue weighted by Gasteiger charge is 2.23. The van der Waals surface area contributed by atoms with Crippen molar-refractivity contribution in [3.63, 3.8) is 0 Å². The van der Waals surface area contributed by atoms with Crippen LogP contribution >= 0.6 is 31.9 Å². The molecule has 2 N–H and O–H groups in total. The molecule has 0 aliphatic rings. The molecule has 0 amide bonds. The maximum Gasteiger partial charge on any atom is 0.353 e. The summed E-state index contributed by atoms with van der Waals surface area (Å²) in [7, 11) is 0. The Bertz CT molecular complexity index is 681. The Morgan fingerprint density at radius 3 is 2.62 bits per heavy atom. The van der Waals surface area contributed by atoms with Gasteiger partial charge in [0.1, 0.15) is 6.33 Å². The number of nitrogens with zero attached hydrogens (tertiary/aromatic N) is 3. The topological polar surface area (TPSA) is 93.0 Å². The first-order chi connectivity index (χ1) is 10.0. The van der Waals surface area contributed by atoms with Gasteiger partial charge in [0.25, 0.3) is 0 Å². The third-order valence-corrected chi connectivity index (χ3v) is 3.68. The quantitative estimate of drug-likeness (QED) is 0.563. The first-order valence-electron chi connectivity index (χ1n) is 5.98. The largest absolute Gasteiger partial charge is 0.364 e. The molecule has 0 aliphatic carbocycles. The fourth-order valence-corrected chi connectivity index (χ4v) is 2.80. The highest BCUT2D eigenvalue weighted by molar-refractivity contribution is 9.11. The minimum atomic E-state index is -0.507. The van der Waals surface area contributed by atoms with Crippen LogP contribution in [0.25, 0.3) is 0 Å². The van der Waals surface area contributed by atoms with E-state index >= 15 is 0 Å². The predicted octanol–water partition coefficient (Wildman–Crippen LogP) is 4.09. The second-order valence-corrected chi connectivity index (χ2v) is 5.73. The second kappa shape index (κ2) is 6.81. The highest BCUT2D eigenvalue weighted by Crippen LogP contribution is 2.34. The molecule has 1 heterocycles. The van der Waals surface area contributed by atoms with Gasteiger partial charge < -0.3 is 10.6 Å². The monoisotopic (exact) mass is 415 g/mol. The van der Waals surface area contributed by atoms with Crippen LogP contribution in [0.3, 0.4) is 0 Å². The minimum absolute atomic E-state index is 0.133. The zero-order valence-electron chi connectivity index (χ0n) is 10.9. The Balaban J connectivity index is 2.43. The molecule has 1 aromatic heterocycles. The molecule has 2 rings (SSSR count). The van der Waals surface area contributed by atoms with Gasteiger partial charge in [0.05, 0.1) is 10.6 Å². The Labute approximate surface area is 137 Å². The van der Waals surface area contributed by atoms with Gasteiger partial charge in [-0.05, 0) is 41.1 Å². The Kier molecular flexibility index (Phi) is 5.07. The summed E-state index contributed by atoms with van der Waals surface area (Å²) < 4.78 is 1.65. The molecule has 0 spiro atoms. The van der Waals surface area contributed by atoms with Crippen molar-refractivity contribution in [2.45, 2.75) is 6.92 Å². The van der Waals surface area contributed by atoms with Gasteiger partial charge in [-0.15, -0.1) is 0 Å². The van der Waals surface area contributed by atoms with Crippen LogP contribution in [0, 0.1) is 10.1 Å². The van der Waals surface area contributed by atoms with Crippen LogP contribution in [0.1, 0.15) is 6.92 Å². The van der Waals surface area contributed by atoms with Gasteiger partial charge in [-0.25, -0.2) is 9.97 Å². The van der Waals surface area contributed by atoms with Gasteiger partial charge >= 0.3 is 5.69 Å². The molecule has 7 nitrogen and oxygen atoms in total. The summed E-state index contributed by atoms with van der Waals surface area (Å²) in [5.74, 6) is 0.321. The third kappa shape index (κ3) is 3.67. The number of anilines is 3. The average molecular weight is 417 g/mol. The lowest BCUT2D eigenvalue weighted by Crippen LogP contribution is -2.07. The molecular formula is C12H11Br2N5O2. The van der Waals surface area contributed by atoms with Crippen LogP contribution < -0.4 is 10.6 Å². The lowest BCUT2D eigenvalue weighted by Gasteiger charge is -2.10. The molecule has 1 aromatic carbocycles. The van der Waals surface area contributed by atoms with Gasteiger partial charge in [-0.2, -0.15) is 0 Å². The van der Waals surface area contributed by atoms with Crippen LogP contribution in [0.2, 0.25) is 0 Å². The summed E-state index contributed by atoms with van der Waals surface area (Å²) in [5.41, 5.74) is 0.483. The van der Waals surface area contributed by atoms with Gasteiger partial charge in [0, 0.05) is 15.5 Å². The van der Waals surface area contributed by atoms with Crippen molar-refractivity contribution in [3.05, 3.63) is 43.6 Å². The van der Waals surface area contributed by atoms with E-state index in [-0.39, 0.29) is 17.3 Å². The lowest BCUT2D eigenvalue weighted by atomic mass is 10.3. The van der Waals surface area contributed by atoms with E-state index < -0.39 is 4.92 Å². The smallest absolute Gasteiger partial charge is 0.353 e. The van der Waals surface area contributed by atoms with Crippen LogP contribution in [0.5, 0.6) is 0 Å². The fraction of sp³-hybridized carbons (Fsp3) is 0.167. The maximum absolute atomic E-state index is 11.3. The van der Waals surface area contributed by atoms with Gasteiger partial charge in [0.2, 0.25) is 11.6 Å². The van der Waals surface area contributed by atoms with E-state index in [9.17, 15) is 10.1 Å². The molecule has 0 fully saturated rings. The van der Waals surface area contributed by atoms with Crippen molar-refractivity contribution < 1.29 is 4.92 Å². The molecule has 0 bridgehead atoms. The third-order valence-electron chi connectivity index (χ3n) is 2.53. The normalized spacial score (nSPS) is 10.2. The van der Waals surface area contributed by atoms with Crippen LogP contribution in [-0.2, 0) is 0 Å². The summed E-state index contributed by atoms with van der Waals surface area (Å²) in [5, 5.41) is 17.1. The maximum atomic E-state index is 11.3. The van der Waals surface area contributed by atoms with Gasteiger partial charge in [-0.3, -0.25) is 10.1 Å². The molecular weight excluding hydrogens is 406 g/mol. The summed E-state index contributed by atoms with van der Waals surface area (Å²) in [6, 6.07) is 5.44. The molecule has 21 heavy (non-hydrogen) atoms. The number of aromatic nitrogens is 2. The van der Waals surface area contributed by atoms with E-state index in [1.165, 1.54) is 6.33 Å². The lowest BCUT2D eigenvalue weighted by molar-refractivity contribution is -0.383. The summed E-state index contributed by atoms with van der Waals surface area (Å²) in [4.78, 5) is 18.6. The van der Waals surface area contributed by atoms with Crippen LogP contribution in [-0.4, -0.2) is 21.4 Å². The SMILES string of the molecule is CCNc1ncnc(Nc2ccc(Br)cc2Br)c1[N+](=O)[O-]. The first-order valence-corrected chi connectivity index (χ1v) is 7.57. The van der Waals surface area contributed by atoms with Crippen molar-refractivity contribution in [2.24, 2.45) is 0 Å². The van der Waals surface area contributed by atoms with E-state index in [2.05, 4.69) is 52.5 Å². The summed E-state index contributed by atoms with van der Waals surface area (Å²) in [6.07, 6.45) is 1.28. The Morgan fingerprint density at radius 1 is 1.29 bits per heavy atom. The van der Waals surface area contributed by atoms with E-state index in [4.69, 9.17) is 0 Å². The molecule has 110 valence electrons. The molecule has 0 radical (unpaired) electrons. The molecule has 0 unspecified atom stereocenters. The first kappa shape index (κ1) is 15.6. The zero-order valence-corrected chi connectivity index (χ0v) is 14.1. The molecule has 2 aromatic rings. The predicted molar refractivity (Wildman–Crippen MR) is 88.0 cm³/mol. The molecule has 0 saturated carbocycles. The number of hydrogen-bond donors (Lipinski definition) is 2. The number of halogens is 2. The van der Waals surface area contributed by atoms with Gasteiger partial charge in [-0.1, -0.05) is 15.9 Å². The van der Waals surface area contributed by atoms with Crippen molar-refractivity contribution >= 4 is 54.9 Å². The number of hydrogen-bond acceptors (Lipinski definition) is 6. The van der Waals surface area contributed by atoms with E-state index in [1.54, 1.807) is 6.07 Å². The van der Waals surface area contributed by atoms with Crippen LogP contribution in [0.15, 0.2) is 33.5 Å². The summed E-state index contributed by atoms with van der Waals surface area (Å²) >= 11 is 6.74. The molecule has 9 heteroatoms. The minimum Gasteiger partial charge on any atom is -0.364 e. The van der Waals surface area contributed by atoms with E-state index in [1.807, 2.05) is 19.1 Å². The van der Waals surface area contributed by atoms with Crippen molar-refractivity contribution in [3.8, 4) is 0 Å². The number of nitro groups is 1. The van der Waals surface area contributed by atoms with E-state index in [0.717, 1.165) is 8.95 Å². The Morgan fingerprint density at radius 2 is 2.00 bits per heavy atom. The second-order valence-electron chi connectivity index (χ2n) is 3.96. The fourth-order valence-electron chi connectivity index (χ4n) is 1.66. The van der Waals surface area contributed by atoms with Crippen LogP contribution in [0.4, 0.5) is 23.0 Å². The summed E-state index contributed by atoms with van der Waals surface area (Å²) in [6.45, 7) is 2.36. The van der Waals surface area contributed by atoms with E-state index in [0.29, 0.717) is 12.2 Å². The molecule has 0 aliphatic heterocycles. The highest BCUT2D eigenvalue weighted by atomic mass is 79.9. The Hall–Kier alpha value is -1.74. The van der Waals surface area contributed by atoms with Crippen molar-refractivity contribution in [1.82, 2.24) is 9.97 Å². The standard InChI is InChI=1S/C12H11Br2N5O2/c1-2-15-11-10(19(20)21)12(17-6-16-11)18-9-4-3-7(13)5-8(9)14/h3-6H,2H2,1H3,(H2,15,16,17,18). The average Bonchev–Trinajstić information content (AvgIpc) is 2.42. The number of benzene rings is 1. The number of nitrogens with one attached hydrogen (secondary N) is 2. The van der Waals surface area contributed by atoms with Crippen molar-refractivity contribution in [2.75, 3.05) is 17.2 Å².